The van der Waals surface area contributed by atoms with Crippen molar-refractivity contribution in [3.63, 3.8) is 0 Å². The van der Waals surface area contributed by atoms with Crippen molar-refractivity contribution in [3.8, 4) is 6.07 Å². The van der Waals surface area contributed by atoms with Crippen molar-refractivity contribution in [2.24, 2.45) is 0 Å². The Labute approximate surface area is 155 Å². The van der Waals surface area contributed by atoms with Gasteiger partial charge in [-0.2, -0.15) is 5.26 Å². The first-order valence-electron chi connectivity index (χ1n) is 8.86. The third-order valence-corrected chi connectivity index (χ3v) is 4.58. The summed E-state index contributed by atoms with van der Waals surface area (Å²) >= 11 is 0. The first-order chi connectivity index (χ1) is 12.5. The van der Waals surface area contributed by atoms with Gasteiger partial charge < -0.3 is 10.6 Å². The van der Waals surface area contributed by atoms with Crippen molar-refractivity contribution in [1.29, 1.82) is 5.26 Å². The number of hydrogen-bond acceptors (Lipinski definition) is 3. The van der Waals surface area contributed by atoms with E-state index in [1.54, 1.807) is 0 Å². The highest BCUT2D eigenvalue weighted by atomic mass is 16.1. The van der Waals surface area contributed by atoms with Gasteiger partial charge >= 0.3 is 0 Å². The molecule has 0 aliphatic carbocycles. The molecular formula is C22H25N3O. The maximum Gasteiger partial charge on any atom is 0.267 e. The number of carbonyl (C=O) groups is 1. The van der Waals surface area contributed by atoms with Crippen molar-refractivity contribution in [2.45, 2.75) is 40.5 Å². The second-order valence-electron chi connectivity index (χ2n) is 6.17. The van der Waals surface area contributed by atoms with Gasteiger partial charge in [0.05, 0.1) is 0 Å². The third kappa shape index (κ3) is 4.31. The summed E-state index contributed by atoms with van der Waals surface area (Å²) in [5.41, 5.74) is 6.15. The van der Waals surface area contributed by atoms with Gasteiger partial charge in [-0.05, 0) is 55.0 Å². The van der Waals surface area contributed by atoms with Crippen LogP contribution in [-0.2, 0) is 17.6 Å². The maximum atomic E-state index is 12.5. The predicted molar refractivity (Wildman–Crippen MR) is 107 cm³/mol. The van der Waals surface area contributed by atoms with Crippen LogP contribution in [0.3, 0.4) is 0 Å². The lowest BCUT2D eigenvalue weighted by Gasteiger charge is -2.13. The number of anilines is 2. The lowest BCUT2D eigenvalue weighted by molar-refractivity contribution is -0.112. The molecule has 2 N–H and O–H groups in total. The van der Waals surface area contributed by atoms with Gasteiger partial charge in [-0.3, -0.25) is 4.79 Å². The highest BCUT2D eigenvalue weighted by Gasteiger charge is 2.12. The molecular weight excluding hydrogens is 322 g/mol. The fraction of sp³-hybridized carbons (Fsp3) is 0.273. The second-order valence-corrected chi connectivity index (χ2v) is 6.17. The standard InChI is InChI=1S/C22H25N3O/c1-5-17-10-8-11-18(6-2)21(17)24-14-19(13-23)22(26)25-20-12-7-9-15(3)16(20)4/h7-12,14,24H,5-6H2,1-4H3,(H,25,26)/b19-14-. The minimum atomic E-state index is -0.416. The summed E-state index contributed by atoms with van der Waals surface area (Å²) in [6.45, 7) is 8.11. The molecule has 0 atom stereocenters. The molecule has 1 amide bonds. The van der Waals surface area contributed by atoms with Gasteiger partial charge in [-0.1, -0.05) is 44.2 Å². The zero-order chi connectivity index (χ0) is 19.1. The Kier molecular flexibility index (Phi) is 6.57. The Morgan fingerprint density at radius 1 is 1.08 bits per heavy atom. The number of nitriles is 1. The summed E-state index contributed by atoms with van der Waals surface area (Å²) < 4.78 is 0. The van der Waals surface area contributed by atoms with Gasteiger partial charge in [0.15, 0.2) is 0 Å². The van der Waals surface area contributed by atoms with E-state index in [9.17, 15) is 10.1 Å². The number of para-hydroxylation sites is 1. The van der Waals surface area contributed by atoms with Gasteiger partial charge in [0.1, 0.15) is 11.6 Å². The topological polar surface area (TPSA) is 64.9 Å². The van der Waals surface area contributed by atoms with Crippen LogP contribution in [0.4, 0.5) is 11.4 Å². The van der Waals surface area contributed by atoms with E-state index in [4.69, 9.17) is 0 Å². The molecule has 0 aliphatic rings. The normalized spacial score (nSPS) is 11.0. The molecule has 0 saturated heterocycles. The largest absolute Gasteiger partial charge is 0.360 e. The fourth-order valence-electron chi connectivity index (χ4n) is 2.80. The molecule has 4 nitrogen and oxygen atoms in total. The van der Waals surface area contributed by atoms with Crippen LogP contribution in [0.5, 0.6) is 0 Å². The Hall–Kier alpha value is -3.06. The highest BCUT2D eigenvalue weighted by molar-refractivity contribution is 6.07. The van der Waals surface area contributed by atoms with Crippen LogP contribution in [0.15, 0.2) is 48.2 Å². The van der Waals surface area contributed by atoms with E-state index in [0.717, 1.165) is 46.5 Å². The molecule has 0 fully saturated rings. The number of carbonyl (C=O) groups excluding carboxylic acids is 1. The SMILES string of the molecule is CCc1cccc(CC)c1N/C=C(/C#N)C(=O)Nc1cccc(C)c1C. The number of rotatable bonds is 6. The average molecular weight is 347 g/mol. The van der Waals surface area contributed by atoms with Gasteiger partial charge in [0.25, 0.3) is 5.91 Å². The summed E-state index contributed by atoms with van der Waals surface area (Å²) in [6, 6.07) is 13.8. The third-order valence-electron chi connectivity index (χ3n) is 4.58. The van der Waals surface area contributed by atoms with E-state index in [1.165, 1.54) is 6.20 Å². The monoisotopic (exact) mass is 347 g/mol. The molecule has 0 unspecified atom stereocenters. The molecule has 26 heavy (non-hydrogen) atoms. The zero-order valence-corrected chi connectivity index (χ0v) is 15.8. The first-order valence-corrected chi connectivity index (χ1v) is 8.86. The van der Waals surface area contributed by atoms with Gasteiger partial charge in [-0.25, -0.2) is 0 Å². The maximum absolute atomic E-state index is 12.5. The highest BCUT2D eigenvalue weighted by Crippen LogP contribution is 2.23. The number of aryl methyl sites for hydroxylation is 3. The Morgan fingerprint density at radius 2 is 1.69 bits per heavy atom. The molecule has 134 valence electrons. The lowest BCUT2D eigenvalue weighted by atomic mass is 10.0. The fourth-order valence-corrected chi connectivity index (χ4v) is 2.80. The second kappa shape index (κ2) is 8.87. The molecule has 0 spiro atoms. The molecule has 0 saturated carbocycles. The number of amides is 1. The van der Waals surface area contributed by atoms with Crippen LogP contribution < -0.4 is 10.6 Å². The Morgan fingerprint density at radius 3 is 2.27 bits per heavy atom. The molecule has 0 aliphatic heterocycles. The van der Waals surface area contributed by atoms with Crippen LogP contribution >= 0.6 is 0 Å². The number of hydrogen-bond donors (Lipinski definition) is 2. The van der Waals surface area contributed by atoms with Crippen molar-refractivity contribution in [2.75, 3.05) is 10.6 Å². The molecule has 0 bridgehead atoms. The first kappa shape index (κ1) is 19.3. The summed E-state index contributed by atoms with van der Waals surface area (Å²) in [5.74, 6) is -0.416. The van der Waals surface area contributed by atoms with E-state index in [1.807, 2.05) is 44.2 Å². The number of nitrogens with one attached hydrogen (secondary N) is 2. The smallest absolute Gasteiger partial charge is 0.267 e. The number of nitrogens with zero attached hydrogens (tertiary/aromatic N) is 1. The summed E-state index contributed by atoms with van der Waals surface area (Å²) in [6.07, 6.45) is 3.25. The van der Waals surface area contributed by atoms with Crippen molar-refractivity contribution in [1.82, 2.24) is 0 Å². The van der Waals surface area contributed by atoms with Crippen LogP contribution in [0.1, 0.15) is 36.1 Å². The molecule has 2 aromatic carbocycles. The predicted octanol–water partition coefficient (Wildman–Crippen LogP) is 4.89. The van der Waals surface area contributed by atoms with Crippen LogP contribution in [0.2, 0.25) is 0 Å². The molecule has 2 rings (SSSR count). The minimum absolute atomic E-state index is 0.0406. The van der Waals surface area contributed by atoms with Gasteiger partial charge in [-0.15, -0.1) is 0 Å². The van der Waals surface area contributed by atoms with Crippen LogP contribution in [-0.4, -0.2) is 5.91 Å². The number of benzene rings is 2. The summed E-state index contributed by atoms with van der Waals surface area (Å²) in [5, 5.41) is 15.4. The lowest BCUT2D eigenvalue weighted by Crippen LogP contribution is -2.15. The molecule has 4 heteroatoms. The molecule has 2 aromatic rings. The van der Waals surface area contributed by atoms with Crippen LogP contribution in [0, 0.1) is 25.2 Å². The van der Waals surface area contributed by atoms with Gasteiger partial charge in [0.2, 0.25) is 0 Å². The Bertz CT molecular complexity index is 853. The summed E-state index contributed by atoms with van der Waals surface area (Å²) in [4.78, 5) is 12.5. The van der Waals surface area contributed by atoms with E-state index in [0.29, 0.717) is 0 Å². The zero-order valence-electron chi connectivity index (χ0n) is 15.8. The molecule has 0 heterocycles. The quantitative estimate of drug-likeness (QED) is 0.578. The van der Waals surface area contributed by atoms with Crippen molar-refractivity contribution >= 4 is 17.3 Å². The van der Waals surface area contributed by atoms with E-state index in [2.05, 4.69) is 36.6 Å². The Balaban J connectivity index is 2.25. The van der Waals surface area contributed by atoms with E-state index < -0.39 is 5.91 Å². The van der Waals surface area contributed by atoms with Crippen molar-refractivity contribution in [3.05, 3.63) is 70.4 Å². The van der Waals surface area contributed by atoms with Gasteiger partial charge in [0, 0.05) is 17.6 Å². The van der Waals surface area contributed by atoms with E-state index in [-0.39, 0.29) is 5.57 Å². The van der Waals surface area contributed by atoms with E-state index >= 15 is 0 Å². The van der Waals surface area contributed by atoms with Crippen molar-refractivity contribution < 1.29 is 4.79 Å². The molecule has 0 aromatic heterocycles. The summed E-state index contributed by atoms with van der Waals surface area (Å²) in [7, 11) is 0. The molecule has 0 radical (unpaired) electrons. The van der Waals surface area contributed by atoms with Crippen LogP contribution in [0.25, 0.3) is 0 Å². The minimum Gasteiger partial charge on any atom is -0.360 e. The average Bonchev–Trinajstić information content (AvgIpc) is 2.65.